The first-order valence-electron chi connectivity index (χ1n) is 5.02. The predicted octanol–water partition coefficient (Wildman–Crippen LogP) is 2.88. The normalized spacial score (nSPS) is 23.8. The third-order valence-electron chi connectivity index (χ3n) is 2.76. The van der Waals surface area contributed by atoms with Crippen LogP contribution in [-0.4, -0.2) is 16.3 Å². The Morgan fingerprint density at radius 1 is 1.50 bits per heavy atom. The predicted molar refractivity (Wildman–Crippen MR) is 65.9 cm³/mol. The summed E-state index contributed by atoms with van der Waals surface area (Å²) < 4.78 is 0. The fraction of sp³-hybridized carbons (Fsp3) is 0.364. The summed E-state index contributed by atoms with van der Waals surface area (Å²) in [6, 6.07) is 5.32. The molecule has 1 aromatic carbocycles. The van der Waals surface area contributed by atoms with Crippen LogP contribution in [0.25, 0.3) is 0 Å². The van der Waals surface area contributed by atoms with Crippen molar-refractivity contribution in [3.8, 4) is 0 Å². The molecule has 0 aromatic heterocycles. The Morgan fingerprint density at radius 3 is 2.75 bits per heavy atom. The van der Waals surface area contributed by atoms with E-state index in [-0.39, 0.29) is 11.2 Å². The van der Waals surface area contributed by atoms with E-state index < -0.39 is 5.97 Å². The number of aliphatic carboxylic acids is 1. The summed E-state index contributed by atoms with van der Waals surface area (Å²) in [6.07, 6.45) is 1.70. The molecule has 0 aliphatic heterocycles. The van der Waals surface area contributed by atoms with E-state index in [1.54, 1.807) is 12.1 Å². The van der Waals surface area contributed by atoms with E-state index in [1.165, 1.54) is 11.8 Å². The third kappa shape index (κ3) is 2.28. The number of rotatable bonds is 3. The molecule has 1 aliphatic rings. The van der Waals surface area contributed by atoms with Gasteiger partial charge in [0.05, 0.1) is 10.9 Å². The van der Waals surface area contributed by atoms with E-state index in [1.807, 2.05) is 6.07 Å². The van der Waals surface area contributed by atoms with Crippen molar-refractivity contribution in [1.29, 1.82) is 0 Å². The van der Waals surface area contributed by atoms with Gasteiger partial charge in [0.1, 0.15) is 0 Å². The standard InChI is InChI=1S/C11H12ClNO2S/c12-8-5-6(13)1-3-10(8)16-9-4-2-7(9)11(14)15/h1,3,5,7,9H,2,4,13H2,(H,14,15). The fourth-order valence-corrected chi connectivity index (χ4v) is 3.31. The summed E-state index contributed by atoms with van der Waals surface area (Å²) in [7, 11) is 0. The molecule has 2 rings (SSSR count). The van der Waals surface area contributed by atoms with Crippen molar-refractivity contribution in [3.63, 3.8) is 0 Å². The van der Waals surface area contributed by atoms with E-state index in [4.69, 9.17) is 22.4 Å². The zero-order chi connectivity index (χ0) is 11.7. The van der Waals surface area contributed by atoms with E-state index in [0.29, 0.717) is 10.7 Å². The van der Waals surface area contributed by atoms with Gasteiger partial charge >= 0.3 is 5.97 Å². The highest BCUT2D eigenvalue weighted by molar-refractivity contribution is 8.00. The SMILES string of the molecule is Nc1ccc(SC2CCC2C(=O)O)c(Cl)c1. The second-order valence-corrected chi connectivity index (χ2v) is 5.56. The lowest BCUT2D eigenvalue weighted by Gasteiger charge is -2.32. The average Bonchev–Trinajstić information content (AvgIpc) is 2.13. The van der Waals surface area contributed by atoms with Crippen LogP contribution in [0.2, 0.25) is 5.02 Å². The molecule has 0 amide bonds. The molecule has 0 heterocycles. The summed E-state index contributed by atoms with van der Waals surface area (Å²) in [5.41, 5.74) is 6.22. The number of benzene rings is 1. The topological polar surface area (TPSA) is 63.3 Å². The second kappa shape index (κ2) is 4.55. The van der Waals surface area contributed by atoms with Crippen molar-refractivity contribution in [2.45, 2.75) is 23.0 Å². The molecule has 0 radical (unpaired) electrons. The summed E-state index contributed by atoms with van der Waals surface area (Å²) in [5, 5.41) is 9.66. The summed E-state index contributed by atoms with van der Waals surface area (Å²) in [6.45, 7) is 0. The van der Waals surface area contributed by atoms with E-state index >= 15 is 0 Å². The molecule has 86 valence electrons. The molecule has 0 saturated heterocycles. The van der Waals surface area contributed by atoms with Crippen LogP contribution in [0, 0.1) is 5.92 Å². The van der Waals surface area contributed by atoms with Gasteiger partial charge in [-0.3, -0.25) is 4.79 Å². The maximum Gasteiger partial charge on any atom is 0.307 e. The number of carboxylic acids is 1. The molecule has 0 spiro atoms. The van der Waals surface area contributed by atoms with Crippen LogP contribution >= 0.6 is 23.4 Å². The first kappa shape index (κ1) is 11.6. The number of hydrogen-bond donors (Lipinski definition) is 2. The summed E-state index contributed by atoms with van der Waals surface area (Å²) >= 11 is 7.57. The highest BCUT2D eigenvalue weighted by Gasteiger charge is 2.37. The number of carbonyl (C=O) groups is 1. The Balaban J connectivity index is 2.07. The lowest BCUT2D eigenvalue weighted by atomic mass is 9.85. The number of thioether (sulfide) groups is 1. The van der Waals surface area contributed by atoms with Gasteiger partial charge in [0.25, 0.3) is 0 Å². The molecule has 1 fully saturated rings. The number of halogens is 1. The molecule has 1 aliphatic carbocycles. The molecule has 1 aromatic rings. The fourth-order valence-electron chi connectivity index (χ4n) is 1.67. The van der Waals surface area contributed by atoms with Gasteiger partial charge < -0.3 is 10.8 Å². The largest absolute Gasteiger partial charge is 0.481 e. The van der Waals surface area contributed by atoms with Gasteiger partial charge in [-0.2, -0.15) is 0 Å². The average molecular weight is 258 g/mol. The van der Waals surface area contributed by atoms with Crippen LogP contribution in [0.3, 0.4) is 0 Å². The number of nitrogens with two attached hydrogens (primary N) is 1. The minimum atomic E-state index is -0.713. The van der Waals surface area contributed by atoms with Crippen molar-refractivity contribution in [2.75, 3.05) is 5.73 Å². The molecule has 16 heavy (non-hydrogen) atoms. The quantitative estimate of drug-likeness (QED) is 0.818. The maximum absolute atomic E-state index is 10.9. The van der Waals surface area contributed by atoms with Gasteiger partial charge in [-0.25, -0.2) is 0 Å². The lowest BCUT2D eigenvalue weighted by Crippen LogP contribution is -2.35. The first-order chi connectivity index (χ1) is 7.58. The molecular weight excluding hydrogens is 246 g/mol. The van der Waals surface area contributed by atoms with Crippen LogP contribution < -0.4 is 5.73 Å². The molecule has 2 unspecified atom stereocenters. The lowest BCUT2D eigenvalue weighted by molar-refractivity contribution is -0.144. The van der Waals surface area contributed by atoms with Crippen molar-refractivity contribution >= 4 is 35.0 Å². The minimum absolute atomic E-state index is 0.138. The van der Waals surface area contributed by atoms with E-state index in [9.17, 15) is 4.79 Å². The maximum atomic E-state index is 10.9. The highest BCUT2D eigenvalue weighted by atomic mass is 35.5. The zero-order valence-corrected chi connectivity index (χ0v) is 10.1. The Bertz CT molecular complexity index is 424. The van der Waals surface area contributed by atoms with Crippen LogP contribution in [-0.2, 0) is 4.79 Å². The third-order valence-corrected chi connectivity index (χ3v) is 4.66. The molecule has 0 bridgehead atoms. The van der Waals surface area contributed by atoms with Crippen LogP contribution in [0.1, 0.15) is 12.8 Å². The van der Waals surface area contributed by atoms with Crippen molar-refractivity contribution < 1.29 is 9.90 Å². The van der Waals surface area contributed by atoms with Gasteiger partial charge in [-0.1, -0.05) is 11.6 Å². The van der Waals surface area contributed by atoms with Crippen molar-refractivity contribution in [3.05, 3.63) is 23.2 Å². The monoisotopic (exact) mass is 257 g/mol. The molecular formula is C11H12ClNO2S. The van der Waals surface area contributed by atoms with E-state index in [2.05, 4.69) is 0 Å². The Kier molecular flexibility index (Phi) is 3.30. The summed E-state index contributed by atoms with van der Waals surface area (Å²) in [5.74, 6) is -0.950. The molecule has 5 heteroatoms. The van der Waals surface area contributed by atoms with Gasteiger partial charge in [-0.15, -0.1) is 11.8 Å². The van der Waals surface area contributed by atoms with Gasteiger partial charge in [0.2, 0.25) is 0 Å². The number of anilines is 1. The van der Waals surface area contributed by atoms with Gasteiger partial charge in [-0.05, 0) is 31.0 Å². The number of nitrogen functional groups attached to an aromatic ring is 1. The van der Waals surface area contributed by atoms with Crippen LogP contribution in [0.4, 0.5) is 5.69 Å². The Morgan fingerprint density at radius 2 is 2.25 bits per heavy atom. The van der Waals surface area contributed by atoms with Crippen molar-refractivity contribution in [1.82, 2.24) is 0 Å². The smallest absolute Gasteiger partial charge is 0.307 e. The van der Waals surface area contributed by atoms with Crippen LogP contribution in [0.5, 0.6) is 0 Å². The minimum Gasteiger partial charge on any atom is -0.481 e. The summed E-state index contributed by atoms with van der Waals surface area (Å²) in [4.78, 5) is 11.8. The second-order valence-electron chi connectivity index (χ2n) is 3.87. The zero-order valence-electron chi connectivity index (χ0n) is 8.52. The first-order valence-corrected chi connectivity index (χ1v) is 6.28. The van der Waals surface area contributed by atoms with E-state index in [0.717, 1.165) is 17.7 Å². The molecule has 1 saturated carbocycles. The molecule has 3 N–H and O–H groups in total. The van der Waals surface area contributed by atoms with Crippen molar-refractivity contribution in [2.24, 2.45) is 5.92 Å². The molecule has 2 atom stereocenters. The van der Waals surface area contributed by atoms with Gasteiger partial charge in [0, 0.05) is 15.8 Å². The molecule has 3 nitrogen and oxygen atoms in total. The van der Waals surface area contributed by atoms with Crippen LogP contribution in [0.15, 0.2) is 23.1 Å². The highest BCUT2D eigenvalue weighted by Crippen LogP contribution is 2.43. The Labute approximate surface area is 103 Å². The Hall–Kier alpha value is -0.870. The number of hydrogen-bond acceptors (Lipinski definition) is 3. The van der Waals surface area contributed by atoms with Gasteiger partial charge in [0.15, 0.2) is 0 Å². The number of carboxylic acid groups (broad SMARTS) is 1.